The van der Waals surface area contributed by atoms with E-state index >= 15 is 0 Å². The van der Waals surface area contributed by atoms with Crippen LogP contribution in [0.1, 0.15) is 11.1 Å². The predicted molar refractivity (Wildman–Crippen MR) is 89.5 cm³/mol. The van der Waals surface area contributed by atoms with Crippen LogP contribution in [-0.4, -0.2) is 12.6 Å². The summed E-state index contributed by atoms with van der Waals surface area (Å²) in [5.41, 5.74) is 2.33. The van der Waals surface area contributed by atoms with Gasteiger partial charge in [-0.25, -0.2) is 4.79 Å². The molecule has 2 aromatic carbocycles. The van der Waals surface area contributed by atoms with Crippen molar-refractivity contribution in [3.63, 3.8) is 0 Å². The molecule has 0 heterocycles. The molecule has 0 radical (unpaired) electrons. The third kappa shape index (κ3) is 5.21. The first-order valence-corrected chi connectivity index (χ1v) is 7.62. The van der Waals surface area contributed by atoms with Gasteiger partial charge in [0.15, 0.2) is 0 Å². The summed E-state index contributed by atoms with van der Waals surface area (Å²) in [4.78, 5) is 11.7. The van der Waals surface area contributed by atoms with Crippen LogP contribution in [0, 0.1) is 3.57 Å². The number of carbonyl (C=O) groups is 1. The fourth-order valence-electron chi connectivity index (χ4n) is 1.86. The van der Waals surface area contributed by atoms with Crippen LogP contribution in [0.25, 0.3) is 0 Å². The maximum absolute atomic E-state index is 11.7. The Balaban J connectivity index is 1.68. The van der Waals surface area contributed by atoms with E-state index in [1.54, 1.807) is 0 Å². The largest absolute Gasteiger partial charge is 0.338 e. The van der Waals surface area contributed by atoms with Crippen LogP contribution in [0.2, 0.25) is 0 Å². The Morgan fingerprint density at radius 1 is 0.950 bits per heavy atom. The Bertz CT molecular complexity index is 557. The average molecular weight is 380 g/mol. The summed E-state index contributed by atoms with van der Waals surface area (Å²) < 4.78 is 1.17. The highest BCUT2D eigenvalue weighted by Crippen LogP contribution is 2.07. The number of nitrogens with one attached hydrogen (secondary N) is 2. The van der Waals surface area contributed by atoms with Gasteiger partial charge in [0.25, 0.3) is 0 Å². The van der Waals surface area contributed by atoms with Gasteiger partial charge in [-0.15, -0.1) is 0 Å². The Morgan fingerprint density at radius 3 is 2.45 bits per heavy atom. The monoisotopic (exact) mass is 380 g/mol. The summed E-state index contributed by atoms with van der Waals surface area (Å²) in [6, 6.07) is 18.1. The van der Waals surface area contributed by atoms with Gasteiger partial charge in [-0.1, -0.05) is 42.5 Å². The van der Waals surface area contributed by atoms with Gasteiger partial charge in [0.1, 0.15) is 0 Å². The van der Waals surface area contributed by atoms with Crippen LogP contribution in [0.5, 0.6) is 0 Å². The van der Waals surface area contributed by atoms with Crippen LogP contribution in [0.4, 0.5) is 4.79 Å². The molecule has 0 fully saturated rings. The summed E-state index contributed by atoms with van der Waals surface area (Å²) in [6.45, 7) is 1.19. The first-order valence-electron chi connectivity index (χ1n) is 6.54. The van der Waals surface area contributed by atoms with Crippen LogP contribution >= 0.6 is 22.6 Å². The second-order valence-electron chi connectivity index (χ2n) is 4.47. The third-order valence-electron chi connectivity index (χ3n) is 2.88. The molecule has 0 spiro atoms. The minimum Gasteiger partial charge on any atom is -0.338 e. The van der Waals surface area contributed by atoms with Crippen molar-refractivity contribution in [1.29, 1.82) is 0 Å². The van der Waals surface area contributed by atoms with E-state index < -0.39 is 0 Å². The first-order chi connectivity index (χ1) is 9.74. The van der Waals surface area contributed by atoms with Crippen molar-refractivity contribution >= 4 is 28.6 Å². The number of urea groups is 1. The molecular formula is C16H17IN2O. The van der Waals surface area contributed by atoms with Gasteiger partial charge >= 0.3 is 6.03 Å². The van der Waals surface area contributed by atoms with E-state index in [2.05, 4.69) is 51.4 Å². The number of benzene rings is 2. The second kappa shape index (κ2) is 7.89. The lowest BCUT2D eigenvalue weighted by molar-refractivity contribution is 0.240. The molecule has 20 heavy (non-hydrogen) atoms. The van der Waals surface area contributed by atoms with Crippen molar-refractivity contribution in [2.45, 2.75) is 13.0 Å². The Kier molecular flexibility index (Phi) is 5.86. The third-order valence-corrected chi connectivity index (χ3v) is 3.56. The molecule has 0 atom stereocenters. The molecule has 2 amide bonds. The maximum Gasteiger partial charge on any atom is 0.315 e. The second-order valence-corrected chi connectivity index (χ2v) is 5.72. The van der Waals surface area contributed by atoms with E-state index in [1.165, 1.54) is 9.13 Å². The number of hydrogen-bond acceptors (Lipinski definition) is 1. The lowest BCUT2D eigenvalue weighted by atomic mass is 10.1. The molecule has 2 N–H and O–H groups in total. The zero-order chi connectivity index (χ0) is 14.2. The van der Waals surface area contributed by atoms with Crippen molar-refractivity contribution in [3.8, 4) is 0 Å². The fourth-order valence-corrected chi connectivity index (χ4v) is 2.46. The molecule has 0 bridgehead atoms. The van der Waals surface area contributed by atoms with Crippen molar-refractivity contribution in [2.75, 3.05) is 6.54 Å². The molecule has 0 aliphatic heterocycles. The zero-order valence-corrected chi connectivity index (χ0v) is 13.3. The Labute approximate surface area is 132 Å². The van der Waals surface area contributed by atoms with Gasteiger partial charge in [-0.2, -0.15) is 0 Å². The van der Waals surface area contributed by atoms with Crippen LogP contribution in [0.3, 0.4) is 0 Å². The first kappa shape index (κ1) is 14.8. The van der Waals surface area contributed by atoms with Crippen molar-refractivity contribution in [1.82, 2.24) is 10.6 Å². The van der Waals surface area contributed by atoms with Gasteiger partial charge < -0.3 is 10.6 Å². The number of halogens is 1. The highest BCUT2D eigenvalue weighted by Gasteiger charge is 2.00. The predicted octanol–water partition coefficient (Wildman–Crippen LogP) is 3.33. The minimum absolute atomic E-state index is 0.125. The fraction of sp³-hybridized carbons (Fsp3) is 0.188. The molecule has 0 aromatic heterocycles. The number of amides is 2. The molecular weight excluding hydrogens is 363 g/mol. The molecule has 3 nitrogen and oxygen atoms in total. The summed E-state index contributed by atoms with van der Waals surface area (Å²) in [5.74, 6) is 0. The molecule has 0 unspecified atom stereocenters. The van der Waals surface area contributed by atoms with Crippen LogP contribution in [0.15, 0.2) is 54.6 Å². The molecule has 0 saturated carbocycles. The number of hydrogen-bond donors (Lipinski definition) is 2. The highest BCUT2D eigenvalue weighted by molar-refractivity contribution is 14.1. The number of carbonyl (C=O) groups excluding carboxylic acids is 1. The van der Waals surface area contributed by atoms with Gasteiger partial charge in [-0.05, 0) is 52.3 Å². The topological polar surface area (TPSA) is 41.1 Å². The van der Waals surface area contributed by atoms with Crippen molar-refractivity contribution in [2.24, 2.45) is 0 Å². The standard InChI is InChI=1S/C16H17IN2O/c17-15-8-4-7-14(11-15)12-19-16(20)18-10-9-13-5-2-1-3-6-13/h1-8,11H,9-10,12H2,(H2,18,19,20). The zero-order valence-electron chi connectivity index (χ0n) is 11.1. The smallest absolute Gasteiger partial charge is 0.315 e. The van der Waals surface area contributed by atoms with Crippen molar-refractivity contribution < 1.29 is 4.79 Å². The molecule has 0 aliphatic carbocycles. The molecule has 2 aromatic rings. The van der Waals surface area contributed by atoms with E-state index in [1.807, 2.05) is 36.4 Å². The van der Waals surface area contributed by atoms with E-state index in [-0.39, 0.29) is 6.03 Å². The molecule has 4 heteroatoms. The summed E-state index contributed by atoms with van der Waals surface area (Å²) in [7, 11) is 0. The summed E-state index contributed by atoms with van der Waals surface area (Å²) in [5, 5.41) is 5.72. The maximum atomic E-state index is 11.7. The average Bonchev–Trinajstić information content (AvgIpc) is 2.46. The molecule has 104 valence electrons. The molecule has 2 rings (SSSR count). The summed E-state index contributed by atoms with van der Waals surface area (Å²) >= 11 is 2.26. The lowest BCUT2D eigenvalue weighted by Gasteiger charge is -2.08. The van der Waals surface area contributed by atoms with Gasteiger partial charge in [0.05, 0.1) is 0 Å². The summed E-state index contributed by atoms with van der Waals surface area (Å²) in [6.07, 6.45) is 0.845. The van der Waals surface area contributed by atoms with Gasteiger partial charge in [-0.3, -0.25) is 0 Å². The van der Waals surface area contributed by atoms with E-state index in [0.29, 0.717) is 13.1 Å². The van der Waals surface area contributed by atoms with Crippen LogP contribution < -0.4 is 10.6 Å². The number of rotatable bonds is 5. The van der Waals surface area contributed by atoms with E-state index in [9.17, 15) is 4.79 Å². The van der Waals surface area contributed by atoms with Crippen LogP contribution in [-0.2, 0) is 13.0 Å². The van der Waals surface area contributed by atoms with Gasteiger partial charge in [0, 0.05) is 16.7 Å². The van der Waals surface area contributed by atoms with Crippen molar-refractivity contribution in [3.05, 3.63) is 69.3 Å². The van der Waals surface area contributed by atoms with E-state index in [0.717, 1.165) is 12.0 Å². The SMILES string of the molecule is O=C(NCCc1ccccc1)NCc1cccc(I)c1. The minimum atomic E-state index is -0.125. The van der Waals surface area contributed by atoms with Gasteiger partial charge in [0.2, 0.25) is 0 Å². The Morgan fingerprint density at radius 2 is 1.70 bits per heavy atom. The molecule has 0 saturated heterocycles. The highest BCUT2D eigenvalue weighted by atomic mass is 127. The lowest BCUT2D eigenvalue weighted by Crippen LogP contribution is -2.36. The molecule has 0 aliphatic rings. The Hall–Kier alpha value is -1.56. The normalized spacial score (nSPS) is 10.1. The van der Waals surface area contributed by atoms with E-state index in [4.69, 9.17) is 0 Å². The quantitative estimate of drug-likeness (QED) is 0.768.